The van der Waals surface area contributed by atoms with Crippen molar-refractivity contribution in [3.05, 3.63) is 30.3 Å². The lowest BCUT2D eigenvalue weighted by Crippen LogP contribution is -2.52. The van der Waals surface area contributed by atoms with Crippen molar-refractivity contribution in [1.29, 1.82) is 0 Å². The average molecular weight is 236 g/mol. The van der Waals surface area contributed by atoms with Crippen LogP contribution in [0.4, 0.5) is 4.79 Å². The summed E-state index contributed by atoms with van der Waals surface area (Å²) in [6.07, 6.45) is -0.366. The number of nitrogens with zero attached hydrogens (tertiary/aromatic N) is 1. The van der Waals surface area contributed by atoms with E-state index in [2.05, 4.69) is 0 Å². The van der Waals surface area contributed by atoms with Gasteiger partial charge in [-0.25, -0.2) is 4.79 Å². The Hall–Kier alpha value is -1.59. The highest BCUT2D eigenvalue weighted by atomic mass is 16.6. The van der Waals surface area contributed by atoms with E-state index in [9.17, 15) is 4.79 Å². The highest BCUT2D eigenvalue weighted by molar-refractivity contribution is 5.71. The lowest BCUT2D eigenvalue weighted by atomic mass is 10.2. The van der Waals surface area contributed by atoms with Crippen LogP contribution in [0, 0.1) is 0 Å². The number of para-hydroxylation sites is 1. The number of benzene rings is 1. The van der Waals surface area contributed by atoms with Crippen LogP contribution in [0.3, 0.4) is 0 Å². The molecule has 1 unspecified atom stereocenters. The number of hydrogen-bond donors (Lipinski definition) is 1. The van der Waals surface area contributed by atoms with E-state index in [-0.39, 0.29) is 12.1 Å². The molecule has 0 aromatic heterocycles. The highest BCUT2D eigenvalue weighted by Gasteiger charge is 2.27. The van der Waals surface area contributed by atoms with Gasteiger partial charge in [-0.15, -0.1) is 0 Å². The Morgan fingerprint density at radius 1 is 1.47 bits per heavy atom. The molecule has 2 N–H and O–H groups in total. The van der Waals surface area contributed by atoms with Crippen molar-refractivity contribution in [3.63, 3.8) is 0 Å². The van der Waals surface area contributed by atoms with Crippen molar-refractivity contribution in [3.8, 4) is 5.75 Å². The largest absolute Gasteiger partial charge is 0.415 e. The Morgan fingerprint density at radius 3 is 2.94 bits per heavy atom. The van der Waals surface area contributed by atoms with E-state index in [4.69, 9.17) is 15.2 Å². The quantitative estimate of drug-likeness (QED) is 0.826. The molecule has 0 radical (unpaired) electrons. The topological polar surface area (TPSA) is 64.8 Å². The first-order valence-electron chi connectivity index (χ1n) is 5.62. The Labute approximate surface area is 100 Å². The Morgan fingerprint density at radius 2 is 2.24 bits per heavy atom. The SMILES string of the molecule is NCC1COCCN1C(=O)Oc1ccccc1. The zero-order chi connectivity index (χ0) is 12.1. The van der Waals surface area contributed by atoms with Crippen LogP contribution in [0.2, 0.25) is 0 Å². The van der Waals surface area contributed by atoms with E-state index >= 15 is 0 Å². The minimum Gasteiger partial charge on any atom is -0.410 e. The minimum atomic E-state index is -0.366. The summed E-state index contributed by atoms with van der Waals surface area (Å²) in [5, 5.41) is 0. The number of amides is 1. The summed E-state index contributed by atoms with van der Waals surface area (Å²) >= 11 is 0. The van der Waals surface area contributed by atoms with E-state index < -0.39 is 0 Å². The maximum atomic E-state index is 11.9. The summed E-state index contributed by atoms with van der Waals surface area (Å²) in [6.45, 7) is 1.90. The number of ether oxygens (including phenoxy) is 2. The molecule has 5 nitrogen and oxygen atoms in total. The van der Waals surface area contributed by atoms with Crippen LogP contribution in [0.25, 0.3) is 0 Å². The molecule has 1 aliphatic heterocycles. The highest BCUT2D eigenvalue weighted by Crippen LogP contribution is 2.13. The summed E-state index contributed by atoms with van der Waals surface area (Å²) in [7, 11) is 0. The molecule has 0 saturated carbocycles. The van der Waals surface area contributed by atoms with E-state index in [0.29, 0.717) is 32.1 Å². The fourth-order valence-electron chi connectivity index (χ4n) is 1.74. The molecule has 1 heterocycles. The summed E-state index contributed by atoms with van der Waals surface area (Å²) in [5.74, 6) is 0.541. The molecule has 5 heteroatoms. The molecule has 1 fully saturated rings. The van der Waals surface area contributed by atoms with Crippen molar-refractivity contribution in [2.45, 2.75) is 6.04 Å². The molecule has 1 saturated heterocycles. The summed E-state index contributed by atoms with van der Waals surface area (Å²) in [5.41, 5.74) is 5.60. The first kappa shape index (κ1) is 11.9. The molecule has 1 aromatic rings. The van der Waals surface area contributed by atoms with Gasteiger partial charge in [-0.05, 0) is 12.1 Å². The van der Waals surface area contributed by atoms with Crippen LogP contribution >= 0.6 is 0 Å². The van der Waals surface area contributed by atoms with E-state index in [1.807, 2.05) is 18.2 Å². The van der Waals surface area contributed by atoms with Gasteiger partial charge in [-0.3, -0.25) is 4.90 Å². The van der Waals surface area contributed by atoms with E-state index in [0.717, 1.165) is 0 Å². The number of rotatable bonds is 2. The van der Waals surface area contributed by atoms with Crippen LogP contribution in [0.15, 0.2) is 30.3 Å². The fourth-order valence-corrected chi connectivity index (χ4v) is 1.74. The second-order valence-electron chi connectivity index (χ2n) is 3.84. The van der Waals surface area contributed by atoms with Crippen LogP contribution in [-0.2, 0) is 4.74 Å². The van der Waals surface area contributed by atoms with Crippen LogP contribution < -0.4 is 10.5 Å². The Balaban J connectivity index is 1.99. The maximum absolute atomic E-state index is 11.9. The van der Waals surface area contributed by atoms with Crippen molar-refractivity contribution < 1.29 is 14.3 Å². The molecule has 0 bridgehead atoms. The molecule has 1 atom stereocenters. The van der Waals surface area contributed by atoms with E-state index in [1.54, 1.807) is 17.0 Å². The van der Waals surface area contributed by atoms with Crippen molar-refractivity contribution in [1.82, 2.24) is 4.90 Å². The van der Waals surface area contributed by atoms with Gasteiger partial charge in [0.1, 0.15) is 5.75 Å². The monoisotopic (exact) mass is 236 g/mol. The molecule has 1 aliphatic rings. The Bertz CT molecular complexity index is 369. The second-order valence-corrected chi connectivity index (χ2v) is 3.84. The van der Waals surface area contributed by atoms with Gasteiger partial charge in [-0.1, -0.05) is 18.2 Å². The van der Waals surface area contributed by atoms with E-state index in [1.165, 1.54) is 0 Å². The number of hydrogen-bond acceptors (Lipinski definition) is 4. The number of nitrogens with two attached hydrogens (primary N) is 1. The van der Waals surface area contributed by atoms with Gasteiger partial charge in [0.2, 0.25) is 0 Å². The van der Waals surface area contributed by atoms with Crippen LogP contribution in [0.1, 0.15) is 0 Å². The number of morpholine rings is 1. The lowest BCUT2D eigenvalue weighted by molar-refractivity contribution is 0.00528. The smallest absolute Gasteiger partial charge is 0.410 e. The lowest BCUT2D eigenvalue weighted by Gasteiger charge is -2.33. The van der Waals surface area contributed by atoms with Gasteiger partial charge in [0.25, 0.3) is 0 Å². The molecule has 0 aliphatic carbocycles. The zero-order valence-electron chi connectivity index (χ0n) is 9.54. The first-order chi connectivity index (χ1) is 8.31. The Kier molecular flexibility index (Phi) is 3.95. The molecular weight excluding hydrogens is 220 g/mol. The van der Waals surface area contributed by atoms with Gasteiger partial charge in [0, 0.05) is 13.1 Å². The van der Waals surface area contributed by atoms with Crippen LogP contribution in [0.5, 0.6) is 5.75 Å². The normalized spacial score (nSPS) is 20.1. The van der Waals surface area contributed by atoms with Gasteiger partial charge in [-0.2, -0.15) is 0 Å². The summed E-state index contributed by atoms with van der Waals surface area (Å²) in [6, 6.07) is 8.91. The van der Waals surface area contributed by atoms with Gasteiger partial charge < -0.3 is 15.2 Å². The molecule has 2 rings (SSSR count). The predicted octanol–water partition coefficient (Wildman–Crippen LogP) is 0.845. The number of carbonyl (C=O) groups is 1. The number of carbonyl (C=O) groups excluding carboxylic acids is 1. The third-order valence-corrected chi connectivity index (χ3v) is 2.68. The predicted molar refractivity (Wildman–Crippen MR) is 62.8 cm³/mol. The minimum absolute atomic E-state index is 0.0973. The average Bonchev–Trinajstić information content (AvgIpc) is 2.40. The first-order valence-corrected chi connectivity index (χ1v) is 5.62. The third-order valence-electron chi connectivity index (χ3n) is 2.68. The molecule has 17 heavy (non-hydrogen) atoms. The molecule has 1 aromatic carbocycles. The van der Waals surface area contributed by atoms with Crippen molar-refractivity contribution in [2.24, 2.45) is 5.73 Å². The summed E-state index contributed by atoms with van der Waals surface area (Å²) < 4.78 is 10.5. The summed E-state index contributed by atoms with van der Waals surface area (Å²) in [4.78, 5) is 13.6. The third kappa shape index (κ3) is 2.95. The standard InChI is InChI=1S/C12H16N2O3/c13-8-10-9-16-7-6-14(10)12(15)17-11-4-2-1-3-5-11/h1-5,10H,6-9,13H2. The second kappa shape index (κ2) is 5.65. The van der Waals surface area contributed by atoms with Gasteiger partial charge >= 0.3 is 6.09 Å². The van der Waals surface area contributed by atoms with Gasteiger partial charge in [0.05, 0.1) is 19.3 Å². The molecule has 0 spiro atoms. The van der Waals surface area contributed by atoms with Crippen LogP contribution in [-0.4, -0.2) is 43.3 Å². The van der Waals surface area contributed by atoms with Gasteiger partial charge in [0.15, 0.2) is 0 Å². The maximum Gasteiger partial charge on any atom is 0.415 e. The zero-order valence-corrected chi connectivity index (χ0v) is 9.54. The molecule has 1 amide bonds. The molecular formula is C12H16N2O3. The van der Waals surface area contributed by atoms with Crippen molar-refractivity contribution in [2.75, 3.05) is 26.3 Å². The fraction of sp³-hybridized carbons (Fsp3) is 0.417. The molecule has 92 valence electrons. The van der Waals surface area contributed by atoms with Crippen molar-refractivity contribution >= 4 is 6.09 Å².